The smallest absolute Gasteiger partial charge is 0.336 e. The highest BCUT2D eigenvalue weighted by molar-refractivity contribution is 5.91. The van der Waals surface area contributed by atoms with Gasteiger partial charge in [0.05, 0.1) is 5.39 Å². The molecule has 0 saturated carbocycles. The van der Waals surface area contributed by atoms with Gasteiger partial charge in [0, 0.05) is 11.6 Å². The van der Waals surface area contributed by atoms with Gasteiger partial charge < -0.3 is 9.15 Å². The number of benzene rings is 3. The second-order valence-corrected chi connectivity index (χ2v) is 9.08. The van der Waals surface area contributed by atoms with Crippen molar-refractivity contribution in [3.63, 3.8) is 0 Å². The van der Waals surface area contributed by atoms with Gasteiger partial charge in [-0.15, -0.1) is 0 Å². The van der Waals surface area contributed by atoms with Crippen LogP contribution in [0.15, 0.2) is 88.1 Å². The van der Waals surface area contributed by atoms with Gasteiger partial charge in [0.15, 0.2) is 5.76 Å². The summed E-state index contributed by atoms with van der Waals surface area (Å²) in [5, 5.41) is 0.374. The Morgan fingerprint density at radius 2 is 1.64 bits per heavy atom. The van der Waals surface area contributed by atoms with Crippen LogP contribution in [0, 0.1) is 6.92 Å². The van der Waals surface area contributed by atoms with Crippen molar-refractivity contribution in [2.75, 3.05) is 0 Å². The van der Waals surface area contributed by atoms with Gasteiger partial charge in [-0.1, -0.05) is 87.0 Å². The maximum Gasteiger partial charge on any atom is 0.336 e. The Morgan fingerprint density at radius 1 is 0.939 bits per heavy atom. The number of hydrogen-bond acceptors (Lipinski definition) is 4. The number of ether oxygens (including phenoxy) is 1. The third kappa shape index (κ3) is 4.96. The third-order valence-corrected chi connectivity index (χ3v) is 5.43. The molecule has 33 heavy (non-hydrogen) atoms. The van der Waals surface area contributed by atoms with Gasteiger partial charge in [-0.05, 0) is 41.7 Å². The van der Waals surface area contributed by atoms with E-state index in [2.05, 4.69) is 20.8 Å². The van der Waals surface area contributed by atoms with E-state index < -0.39 is 5.97 Å². The lowest BCUT2D eigenvalue weighted by Crippen LogP contribution is -2.14. The summed E-state index contributed by atoms with van der Waals surface area (Å²) in [4.78, 5) is 25.9. The molecule has 4 heteroatoms. The quantitative estimate of drug-likeness (QED) is 0.263. The van der Waals surface area contributed by atoms with Crippen LogP contribution >= 0.6 is 0 Å². The number of carbonyl (C=O) groups excluding carboxylic acids is 1. The van der Waals surface area contributed by atoms with Gasteiger partial charge in [0.25, 0.3) is 0 Å². The maximum atomic E-state index is 13.3. The van der Waals surface area contributed by atoms with Gasteiger partial charge in [-0.3, -0.25) is 4.79 Å². The van der Waals surface area contributed by atoms with Crippen molar-refractivity contribution in [1.82, 2.24) is 0 Å². The van der Waals surface area contributed by atoms with Crippen molar-refractivity contribution < 1.29 is 13.9 Å². The fourth-order valence-corrected chi connectivity index (χ4v) is 3.56. The molecule has 1 aromatic heterocycles. The molecule has 1 heterocycles. The first-order valence-electron chi connectivity index (χ1n) is 10.9. The molecule has 0 aliphatic rings. The summed E-state index contributed by atoms with van der Waals surface area (Å²) >= 11 is 0. The largest absolute Gasteiger partial charge is 0.452 e. The first-order chi connectivity index (χ1) is 15.7. The average Bonchev–Trinajstić information content (AvgIpc) is 2.80. The standard InChI is InChI=1S/C29H26O4/c1-19-10-16-24-23(18-19)26(31)28(27(32-24)21-8-6-5-7-9-21)33-25(30)17-13-20-11-14-22(15-12-20)29(2,3)4/h5-18H,1-4H3/b17-13+. The van der Waals surface area contributed by atoms with Crippen molar-refractivity contribution in [3.05, 3.63) is 106 Å². The van der Waals surface area contributed by atoms with Crippen LogP contribution in [0.1, 0.15) is 37.5 Å². The normalized spacial score (nSPS) is 11.8. The van der Waals surface area contributed by atoms with E-state index in [1.54, 1.807) is 18.2 Å². The van der Waals surface area contributed by atoms with Crippen LogP contribution in [0.3, 0.4) is 0 Å². The van der Waals surface area contributed by atoms with Gasteiger partial charge in [-0.2, -0.15) is 0 Å². The molecule has 0 atom stereocenters. The van der Waals surface area contributed by atoms with Gasteiger partial charge in [0.2, 0.25) is 11.2 Å². The summed E-state index contributed by atoms with van der Waals surface area (Å²) in [6, 6.07) is 22.5. The average molecular weight is 439 g/mol. The molecule has 4 aromatic rings. The zero-order chi connectivity index (χ0) is 23.6. The molecule has 0 fully saturated rings. The van der Waals surface area contributed by atoms with E-state index >= 15 is 0 Å². The van der Waals surface area contributed by atoms with E-state index in [0.717, 1.165) is 11.1 Å². The molecule has 0 unspecified atom stereocenters. The second-order valence-electron chi connectivity index (χ2n) is 9.08. The number of carbonyl (C=O) groups is 1. The van der Waals surface area contributed by atoms with E-state index in [1.807, 2.05) is 67.6 Å². The van der Waals surface area contributed by atoms with Crippen molar-refractivity contribution in [2.45, 2.75) is 33.1 Å². The number of hydrogen-bond donors (Lipinski definition) is 0. The highest BCUT2D eigenvalue weighted by Gasteiger charge is 2.20. The summed E-state index contributed by atoms with van der Waals surface area (Å²) in [6.45, 7) is 8.34. The molecule has 3 aromatic carbocycles. The molecule has 0 aliphatic carbocycles. The zero-order valence-electron chi connectivity index (χ0n) is 19.2. The Bertz CT molecular complexity index is 1390. The molecule has 0 radical (unpaired) electrons. The number of aryl methyl sites for hydroxylation is 1. The Balaban J connectivity index is 1.68. The number of esters is 1. The maximum absolute atomic E-state index is 13.3. The fourth-order valence-electron chi connectivity index (χ4n) is 3.56. The molecule has 0 bridgehead atoms. The predicted octanol–water partition coefficient (Wildman–Crippen LogP) is 6.68. The van der Waals surface area contributed by atoms with Gasteiger partial charge >= 0.3 is 5.97 Å². The molecular formula is C29H26O4. The van der Waals surface area contributed by atoms with Crippen molar-refractivity contribution in [1.29, 1.82) is 0 Å². The lowest BCUT2D eigenvalue weighted by molar-refractivity contribution is -0.129. The SMILES string of the molecule is Cc1ccc2oc(-c3ccccc3)c(OC(=O)/C=C/c3ccc(C(C)(C)C)cc3)c(=O)c2c1. The molecule has 4 nitrogen and oxygen atoms in total. The topological polar surface area (TPSA) is 56.5 Å². The van der Waals surface area contributed by atoms with Crippen LogP contribution in [0.5, 0.6) is 5.75 Å². The Hall–Kier alpha value is -3.92. The van der Waals surface area contributed by atoms with Crippen LogP contribution in [0.4, 0.5) is 0 Å². The summed E-state index contributed by atoms with van der Waals surface area (Å²) in [5.41, 5.74) is 3.76. The van der Waals surface area contributed by atoms with E-state index in [4.69, 9.17) is 9.15 Å². The van der Waals surface area contributed by atoms with Crippen LogP contribution in [0.25, 0.3) is 28.4 Å². The Morgan fingerprint density at radius 3 is 2.30 bits per heavy atom. The van der Waals surface area contributed by atoms with Gasteiger partial charge in [-0.25, -0.2) is 4.79 Å². The molecule has 0 N–H and O–H groups in total. The molecule has 166 valence electrons. The summed E-state index contributed by atoms with van der Waals surface area (Å²) < 4.78 is 11.6. The molecule has 0 aliphatic heterocycles. The van der Waals surface area contributed by atoms with E-state index in [1.165, 1.54) is 11.6 Å². The summed E-state index contributed by atoms with van der Waals surface area (Å²) in [5.74, 6) is -0.531. The van der Waals surface area contributed by atoms with Crippen LogP contribution in [-0.4, -0.2) is 5.97 Å². The first-order valence-corrected chi connectivity index (χ1v) is 10.9. The van der Waals surface area contributed by atoms with Crippen molar-refractivity contribution in [2.24, 2.45) is 0 Å². The summed E-state index contributed by atoms with van der Waals surface area (Å²) in [7, 11) is 0. The van der Waals surface area contributed by atoms with Crippen LogP contribution in [0.2, 0.25) is 0 Å². The van der Waals surface area contributed by atoms with Gasteiger partial charge in [0.1, 0.15) is 5.58 Å². The fraction of sp³-hybridized carbons (Fsp3) is 0.172. The Kier molecular flexibility index (Phi) is 6.01. The minimum Gasteiger partial charge on any atom is -0.452 e. The highest BCUT2D eigenvalue weighted by atomic mass is 16.5. The van der Waals surface area contributed by atoms with E-state index in [9.17, 15) is 9.59 Å². The molecule has 0 saturated heterocycles. The minimum atomic E-state index is -0.647. The number of rotatable bonds is 4. The molecular weight excluding hydrogens is 412 g/mol. The summed E-state index contributed by atoms with van der Waals surface area (Å²) in [6.07, 6.45) is 2.99. The third-order valence-electron chi connectivity index (χ3n) is 5.43. The molecule has 0 spiro atoms. The van der Waals surface area contributed by atoms with E-state index in [-0.39, 0.29) is 22.4 Å². The Labute approximate surface area is 193 Å². The predicted molar refractivity (Wildman–Crippen MR) is 132 cm³/mol. The molecule has 4 rings (SSSR count). The molecule has 0 amide bonds. The zero-order valence-corrected chi connectivity index (χ0v) is 19.2. The van der Waals surface area contributed by atoms with Crippen LogP contribution in [-0.2, 0) is 10.2 Å². The van der Waals surface area contributed by atoms with E-state index in [0.29, 0.717) is 16.5 Å². The second kappa shape index (κ2) is 8.91. The minimum absolute atomic E-state index is 0.0531. The van der Waals surface area contributed by atoms with Crippen molar-refractivity contribution >= 4 is 23.0 Å². The highest BCUT2D eigenvalue weighted by Crippen LogP contribution is 2.31. The monoisotopic (exact) mass is 438 g/mol. The van der Waals surface area contributed by atoms with Crippen molar-refractivity contribution in [3.8, 4) is 17.1 Å². The number of fused-ring (bicyclic) bond motifs is 1. The lowest BCUT2D eigenvalue weighted by atomic mass is 9.87. The first kappa shape index (κ1) is 22.3. The van der Waals surface area contributed by atoms with Crippen LogP contribution < -0.4 is 10.2 Å². The lowest BCUT2D eigenvalue weighted by Gasteiger charge is -2.18.